The average molecular weight is 188 g/mol. The summed E-state index contributed by atoms with van der Waals surface area (Å²) >= 11 is 0. The zero-order chi connectivity index (χ0) is 10.4. The largest absolute Gasteiger partial charge is 0.478 e. The van der Waals surface area contributed by atoms with Crippen LogP contribution in [0.4, 0.5) is 0 Å². The van der Waals surface area contributed by atoms with Gasteiger partial charge in [0.15, 0.2) is 0 Å². The Morgan fingerprint density at radius 2 is 1.93 bits per heavy atom. The van der Waals surface area contributed by atoms with Gasteiger partial charge in [-0.1, -0.05) is 42.5 Å². The van der Waals surface area contributed by atoms with E-state index in [2.05, 4.69) is 0 Å². The molecule has 0 atom stereocenters. The third-order valence-corrected chi connectivity index (χ3v) is 1.73. The molecule has 0 heterocycles. The molecule has 0 bridgehead atoms. The summed E-state index contributed by atoms with van der Waals surface area (Å²) in [7, 11) is 0. The molecule has 0 aliphatic carbocycles. The molecule has 0 fully saturated rings. The Bertz CT molecular complexity index is 361. The molecule has 1 rings (SSSR count). The van der Waals surface area contributed by atoms with E-state index in [1.165, 1.54) is 6.08 Å². The summed E-state index contributed by atoms with van der Waals surface area (Å²) in [5.74, 6) is -0.929. The van der Waals surface area contributed by atoms with E-state index < -0.39 is 5.97 Å². The summed E-state index contributed by atoms with van der Waals surface area (Å²) in [5.41, 5.74) is 1.62. The molecule has 0 saturated heterocycles. The Labute approximate surface area is 83.2 Å². The van der Waals surface area contributed by atoms with Crippen LogP contribution in [0.2, 0.25) is 0 Å². The van der Waals surface area contributed by atoms with E-state index in [1.807, 2.05) is 43.3 Å². The third-order valence-electron chi connectivity index (χ3n) is 1.73. The zero-order valence-electron chi connectivity index (χ0n) is 7.97. The molecule has 2 heteroatoms. The monoisotopic (exact) mass is 188 g/mol. The maximum Gasteiger partial charge on any atom is 0.328 e. The number of rotatable bonds is 3. The molecule has 0 radical (unpaired) electrons. The Morgan fingerprint density at radius 3 is 2.43 bits per heavy atom. The van der Waals surface area contributed by atoms with Crippen molar-refractivity contribution in [3.05, 3.63) is 54.1 Å². The highest BCUT2D eigenvalue weighted by Gasteiger charge is 1.98. The molecular formula is C12H12O2. The maximum atomic E-state index is 10.5. The van der Waals surface area contributed by atoms with Crippen LogP contribution in [-0.2, 0) is 4.79 Å². The van der Waals surface area contributed by atoms with Gasteiger partial charge in [-0.25, -0.2) is 4.79 Å². The van der Waals surface area contributed by atoms with Crippen LogP contribution in [0.1, 0.15) is 12.5 Å². The molecule has 0 aliphatic heterocycles. The Kier molecular flexibility index (Phi) is 3.68. The van der Waals surface area contributed by atoms with Gasteiger partial charge in [-0.3, -0.25) is 0 Å². The fourth-order valence-corrected chi connectivity index (χ4v) is 1.17. The fraction of sp³-hybridized carbons (Fsp3) is 0.0833. The number of carboxylic acids is 1. The first-order valence-corrected chi connectivity index (χ1v) is 4.37. The topological polar surface area (TPSA) is 37.3 Å². The second-order valence-electron chi connectivity index (χ2n) is 2.80. The van der Waals surface area contributed by atoms with Crippen molar-refractivity contribution in [2.45, 2.75) is 6.92 Å². The summed E-state index contributed by atoms with van der Waals surface area (Å²) < 4.78 is 0. The SMILES string of the molecule is C/C=C/C(=C/C(=O)O)c1ccccc1. The summed E-state index contributed by atoms with van der Waals surface area (Å²) in [5, 5.41) is 8.66. The lowest BCUT2D eigenvalue weighted by Gasteiger charge is -2.00. The van der Waals surface area contributed by atoms with E-state index in [9.17, 15) is 4.79 Å². The molecule has 1 aromatic carbocycles. The first-order valence-electron chi connectivity index (χ1n) is 4.37. The van der Waals surface area contributed by atoms with Crippen molar-refractivity contribution >= 4 is 11.5 Å². The van der Waals surface area contributed by atoms with E-state index in [-0.39, 0.29) is 0 Å². The second-order valence-corrected chi connectivity index (χ2v) is 2.80. The first kappa shape index (κ1) is 10.3. The highest BCUT2D eigenvalue weighted by Crippen LogP contribution is 2.14. The Balaban J connectivity index is 3.07. The highest BCUT2D eigenvalue weighted by molar-refractivity contribution is 5.92. The van der Waals surface area contributed by atoms with E-state index >= 15 is 0 Å². The molecule has 0 aromatic heterocycles. The summed E-state index contributed by atoms with van der Waals surface area (Å²) in [6, 6.07) is 9.43. The van der Waals surface area contributed by atoms with Crippen molar-refractivity contribution in [2.75, 3.05) is 0 Å². The minimum Gasteiger partial charge on any atom is -0.478 e. The molecular weight excluding hydrogens is 176 g/mol. The quantitative estimate of drug-likeness (QED) is 0.585. The van der Waals surface area contributed by atoms with Crippen molar-refractivity contribution < 1.29 is 9.90 Å². The fourth-order valence-electron chi connectivity index (χ4n) is 1.17. The predicted octanol–water partition coefficient (Wildman–Crippen LogP) is 2.73. The lowest BCUT2D eigenvalue weighted by molar-refractivity contribution is -0.131. The Hall–Kier alpha value is -1.83. The lowest BCUT2D eigenvalue weighted by Crippen LogP contribution is -1.90. The molecule has 0 saturated carbocycles. The van der Waals surface area contributed by atoms with Crippen LogP contribution in [0.25, 0.3) is 5.57 Å². The van der Waals surface area contributed by atoms with Crippen molar-refractivity contribution in [3.63, 3.8) is 0 Å². The molecule has 14 heavy (non-hydrogen) atoms. The number of allylic oxidation sites excluding steroid dienone is 3. The normalized spacial score (nSPS) is 11.9. The third kappa shape index (κ3) is 2.90. The first-order chi connectivity index (χ1) is 6.74. The average Bonchev–Trinajstić information content (AvgIpc) is 2.18. The molecule has 2 nitrogen and oxygen atoms in total. The van der Waals surface area contributed by atoms with Crippen molar-refractivity contribution in [3.8, 4) is 0 Å². The van der Waals surface area contributed by atoms with Crippen LogP contribution >= 0.6 is 0 Å². The predicted molar refractivity (Wildman–Crippen MR) is 56.9 cm³/mol. The standard InChI is InChI=1S/C12H12O2/c1-2-6-11(9-12(13)14)10-7-4-3-5-8-10/h2-9H,1H3,(H,13,14)/b6-2+,11-9-. The van der Waals surface area contributed by atoms with Crippen molar-refractivity contribution in [1.82, 2.24) is 0 Å². The van der Waals surface area contributed by atoms with Crippen LogP contribution in [0.3, 0.4) is 0 Å². The van der Waals surface area contributed by atoms with Crippen LogP contribution in [-0.4, -0.2) is 11.1 Å². The van der Waals surface area contributed by atoms with Gasteiger partial charge in [0.1, 0.15) is 0 Å². The van der Waals surface area contributed by atoms with Gasteiger partial charge < -0.3 is 5.11 Å². The second kappa shape index (κ2) is 5.02. The van der Waals surface area contributed by atoms with Gasteiger partial charge in [0.25, 0.3) is 0 Å². The minimum atomic E-state index is -0.929. The lowest BCUT2D eigenvalue weighted by atomic mass is 10.1. The Morgan fingerprint density at radius 1 is 1.29 bits per heavy atom. The van der Waals surface area contributed by atoms with Gasteiger partial charge in [0.05, 0.1) is 0 Å². The van der Waals surface area contributed by atoms with E-state index in [4.69, 9.17) is 5.11 Å². The van der Waals surface area contributed by atoms with Gasteiger partial charge in [0.2, 0.25) is 0 Å². The number of carbonyl (C=O) groups is 1. The zero-order valence-corrected chi connectivity index (χ0v) is 7.97. The summed E-state index contributed by atoms with van der Waals surface area (Å²) in [6.07, 6.45) is 4.81. The van der Waals surface area contributed by atoms with Crippen LogP contribution < -0.4 is 0 Å². The molecule has 0 unspecified atom stereocenters. The minimum absolute atomic E-state index is 0.709. The maximum absolute atomic E-state index is 10.5. The molecule has 0 amide bonds. The number of aliphatic carboxylic acids is 1. The van der Waals surface area contributed by atoms with Gasteiger partial charge in [-0.15, -0.1) is 0 Å². The highest BCUT2D eigenvalue weighted by atomic mass is 16.4. The molecule has 0 spiro atoms. The number of carboxylic acid groups (broad SMARTS) is 1. The summed E-state index contributed by atoms with van der Waals surface area (Å²) in [4.78, 5) is 10.5. The van der Waals surface area contributed by atoms with Crippen molar-refractivity contribution in [1.29, 1.82) is 0 Å². The number of hydrogen-bond acceptors (Lipinski definition) is 1. The van der Waals surface area contributed by atoms with Gasteiger partial charge in [-0.05, 0) is 18.1 Å². The number of benzene rings is 1. The molecule has 0 aliphatic rings. The molecule has 1 N–H and O–H groups in total. The number of hydrogen-bond donors (Lipinski definition) is 1. The molecule has 72 valence electrons. The molecule has 1 aromatic rings. The van der Waals surface area contributed by atoms with Gasteiger partial charge in [0, 0.05) is 6.08 Å². The summed E-state index contributed by atoms with van der Waals surface area (Å²) in [6.45, 7) is 1.86. The van der Waals surface area contributed by atoms with Crippen molar-refractivity contribution in [2.24, 2.45) is 0 Å². The van der Waals surface area contributed by atoms with Crippen LogP contribution in [0.15, 0.2) is 48.6 Å². The smallest absolute Gasteiger partial charge is 0.328 e. The van der Waals surface area contributed by atoms with E-state index in [0.29, 0.717) is 5.57 Å². The van der Waals surface area contributed by atoms with Crippen LogP contribution in [0.5, 0.6) is 0 Å². The van der Waals surface area contributed by atoms with E-state index in [0.717, 1.165) is 5.56 Å². The van der Waals surface area contributed by atoms with Gasteiger partial charge in [-0.2, -0.15) is 0 Å². The van der Waals surface area contributed by atoms with Crippen LogP contribution in [0, 0.1) is 0 Å². The van der Waals surface area contributed by atoms with E-state index in [1.54, 1.807) is 6.08 Å². The van der Waals surface area contributed by atoms with Gasteiger partial charge >= 0.3 is 5.97 Å².